The molecule has 0 aliphatic heterocycles. The number of benzene rings is 1. The molecule has 1 amide bonds. The second-order valence-electron chi connectivity index (χ2n) is 6.11. The van der Waals surface area contributed by atoms with Crippen molar-refractivity contribution in [2.24, 2.45) is 0 Å². The predicted octanol–water partition coefficient (Wildman–Crippen LogP) is 3.39. The van der Waals surface area contributed by atoms with Crippen LogP contribution in [0.3, 0.4) is 0 Å². The minimum atomic E-state index is -0.160. The summed E-state index contributed by atoms with van der Waals surface area (Å²) in [7, 11) is 0. The van der Waals surface area contributed by atoms with Crippen molar-refractivity contribution in [3.63, 3.8) is 0 Å². The van der Waals surface area contributed by atoms with Crippen molar-refractivity contribution >= 4 is 35.2 Å². The maximum absolute atomic E-state index is 12.0. The Labute approximate surface area is 149 Å². The van der Waals surface area contributed by atoms with E-state index in [1.807, 2.05) is 30.3 Å². The Kier molecular flexibility index (Phi) is 4.23. The first kappa shape index (κ1) is 15.8. The number of rotatable bonds is 6. The number of hydrogen-bond acceptors (Lipinski definition) is 4. The molecular formula is C18H18N4O2S. The van der Waals surface area contributed by atoms with Gasteiger partial charge in [0.05, 0.1) is 0 Å². The number of nitrogens with zero attached hydrogens (tertiary/aromatic N) is 2. The summed E-state index contributed by atoms with van der Waals surface area (Å²) >= 11 is 5.25. The molecule has 0 atom stereocenters. The van der Waals surface area contributed by atoms with Crippen LogP contribution in [0.5, 0.6) is 0 Å². The number of nitrogens with one attached hydrogen (secondary N) is 2. The highest BCUT2D eigenvalue weighted by atomic mass is 32.1. The number of aromatic nitrogens is 3. The molecular weight excluding hydrogens is 336 g/mol. The third-order valence-electron chi connectivity index (χ3n) is 4.18. The summed E-state index contributed by atoms with van der Waals surface area (Å²) in [6.07, 6.45) is 6.10. The van der Waals surface area contributed by atoms with Gasteiger partial charge < -0.3 is 14.3 Å². The zero-order chi connectivity index (χ0) is 17.2. The van der Waals surface area contributed by atoms with E-state index in [1.165, 1.54) is 6.08 Å². The second kappa shape index (κ2) is 6.68. The van der Waals surface area contributed by atoms with Crippen LogP contribution in [0.15, 0.2) is 40.8 Å². The normalized spacial score (nSPS) is 14.4. The van der Waals surface area contributed by atoms with Crippen LogP contribution in [0.1, 0.15) is 30.5 Å². The SMILES string of the molecule is O=C(/C=C/c1cc2ccccc2o1)NCCc1n[nH]c(=S)n1C1CC1. The molecule has 4 rings (SSSR count). The molecule has 7 heteroatoms. The Balaban J connectivity index is 1.32. The second-order valence-corrected chi connectivity index (χ2v) is 6.49. The molecule has 0 radical (unpaired) electrons. The van der Waals surface area contributed by atoms with Gasteiger partial charge in [-0.3, -0.25) is 9.89 Å². The van der Waals surface area contributed by atoms with E-state index in [0.717, 1.165) is 29.6 Å². The van der Waals surface area contributed by atoms with Gasteiger partial charge in [0.25, 0.3) is 0 Å². The number of H-pyrrole nitrogens is 1. The van der Waals surface area contributed by atoms with Crippen molar-refractivity contribution in [3.8, 4) is 0 Å². The van der Waals surface area contributed by atoms with Crippen molar-refractivity contribution in [3.05, 3.63) is 52.8 Å². The molecule has 0 bridgehead atoms. The van der Waals surface area contributed by atoms with Gasteiger partial charge in [0.1, 0.15) is 17.2 Å². The van der Waals surface area contributed by atoms with Crippen LogP contribution >= 0.6 is 12.2 Å². The molecule has 0 spiro atoms. The number of furan rings is 1. The van der Waals surface area contributed by atoms with E-state index in [2.05, 4.69) is 20.1 Å². The molecule has 1 aliphatic carbocycles. The number of aromatic amines is 1. The molecule has 0 saturated heterocycles. The third kappa shape index (κ3) is 3.56. The number of para-hydroxylation sites is 1. The van der Waals surface area contributed by atoms with Gasteiger partial charge in [-0.2, -0.15) is 5.10 Å². The van der Waals surface area contributed by atoms with Crippen molar-refractivity contribution in [1.82, 2.24) is 20.1 Å². The number of fused-ring (bicyclic) bond motifs is 1. The smallest absolute Gasteiger partial charge is 0.244 e. The molecule has 25 heavy (non-hydrogen) atoms. The van der Waals surface area contributed by atoms with Crippen LogP contribution < -0.4 is 5.32 Å². The fourth-order valence-electron chi connectivity index (χ4n) is 2.82. The summed E-state index contributed by atoms with van der Waals surface area (Å²) in [6.45, 7) is 0.510. The minimum Gasteiger partial charge on any atom is -0.457 e. The number of hydrogen-bond donors (Lipinski definition) is 2. The van der Waals surface area contributed by atoms with Crippen LogP contribution in [-0.2, 0) is 11.2 Å². The van der Waals surface area contributed by atoms with Crippen molar-refractivity contribution in [2.75, 3.05) is 6.54 Å². The molecule has 1 aromatic carbocycles. The largest absolute Gasteiger partial charge is 0.457 e. The molecule has 2 heterocycles. The fraction of sp³-hybridized carbons (Fsp3) is 0.278. The quantitative estimate of drug-likeness (QED) is 0.525. The highest BCUT2D eigenvalue weighted by molar-refractivity contribution is 7.71. The summed E-state index contributed by atoms with van der Waals surface area (Å²) in [5.41, 5.74) is 0.811. The third-order valence-corrected chi connectivity index (χ3v) is 4.47. The molecule has 1 aliphatic rings. The first-order chi connectivity index (χ1) is 12.2. The van der Waals surface area contributed by atoms with Gasteiger partial charge in [-0.05, 0) is 43.3 Å². The molecule has 2 aromatic heterocycles. The van der Waals surface area contributed by atoms with Crippen molar-refractivity contribution in [2.45, 2.75) is 25.3 Å². The highest BCUT2D eigenvalue weighted by Gasteiger charge is 2.26. The van der Waals surface area contributed by atoms with Gasteiger partial charge in [-0.1, -0.05) is 18.2 Å². The van der Waals surface area contributed by atoms with E-state index in [1.54, 1.807) is 6.08 Å². The topological polar surface area (TPSA) is 75.8 Å². The average molecular weight is 354 g/mol. The zero-order valence-electron chi connectivity index (χ0n) is 13.6. The van der Waals surface area contributed by atoms with Gasteiger partial charge in [-0.15, -0.1) is 0 Å². The molecule has 6 nitrogen and oxygen atoms in total. The average Bonchev–Trinajstić information content (AvgIpc) is 3.24. The molecule has 1 fully saturated rings. The molecule has 3 aromatic rings. The monoisotopic (exact) mass is 354 g/mol. The minimum absolute atomic E-state index is 0.160. The predicted molar refractivity (Wildman–Crippen MR) is 97.6 cm³/mol. The maximum Gasteiger partial charge on any atom is 0.244 e. The van der Waals surface area contributed by atoms with E-state index in [0.29, 0.717) is 29.5 Å². The number of carbonyl (C=O) groups is 1. The Morgan fingerprint density at radius 2 is 2.28 bits per heavy atom. The zero-order valence-corrected chi connectivity index (χ0v) is 14.4. The molecule has 2 N–H and O–H groups in total. The van der Waals surface area contributed by atoms with Crippen LogP contribution in [-0.4, -0.2) is 27.2 Å². The van der Waals surface area contributed by atoms with Crippen molar-refractivity contribution < 1.29 is 9.21 Å². The lowest BCUT2D eigenvalue weighted by molar-refractivity contribution is -0.116. The fourth-order valence-corrected chi connectivity index (χ4v) is 3.12. The summed E-state index contributed by atoms with van der Waals surface area (Å²) < 4.78 is 8.37. The van der Waals surface area contributed by atoms with Crippen LogP contribution in [0.25, 0.3) is 17.0 Å². The number of amides is 1. The summed E-state index contributed by atoms with van der Waals surface area (Å²) in [5, 5.41) is 11.0. The highest BCUT2D eigenvalue weighted by Crippen LogP contribution is 2.35. The summed E-state index contributed by atoms with van der Waals surface area (Å²) in [5.74, 6) is 1.40. The Morgan fingerprint density at radius 3 is 3.08 bits per heavy atom. The molecule has 0 unspecified atom stereocenters. The first-order valence-corrected chi connectivity index (χ1v) is 8.72. The maximum atomic E-state index is 12.0. The van der Waals surface area contributed by atoms with E-state index in [4.69, 9.17) is 16.6 Å². The lowest BCUT2D eigenvalue weighted by atomic mass is 10.2. The van der Waals surface area contributed by atoms with Crippen LogP contribution in [0.2, 0.25) is 0 Å². The van der Waals surface area contributed by atoms with E-state index >= 15 is 0 Å². The number of carbonyl (C=O) groups excluding carboxylic acids is 1. The Bertz CT molecular complexity index is 961. The first-order valence-electron chi connectivity index (χ1n) is 8.31. The Morgan fingerprint density at radius 1 is 1.44 bits per heavy atom. The molecule has 128 valence electrons. The van der Waals surface area contributed by atoms with Crippen molar-refractivity contribution in [1.29, 1.82) is 0 Å². The van der Waals surface area contributed by atoms with Crippen LogP contribution in [0, 0.1) is 4.77 Å². The van der Waals surface area contributed by atoms with E-state index in [-0.39, 0.29) is 5.91 Å². The summed E-state index contributed by atoms with van der Waals surface area (Å²) in [4.78, 5) is 12.0. The standard InChI is InChI=1S/C18H18N4O2S/c23-17(8-7-14-11-12-3-1-2-4-15(12)24-14)19-10-9-16-20-21-18(25)22(16)13-5-6-13/h1-4,7-8,11,13H,5-6,9-10H2,(H,19,23)(H,21,25)/b8-7+. The molecule has 1 saturated carbocycles. The summed E-state index contributed by atoms with van der Waals surface area (Å²) in [6, 6.07) is 10.1. The van der Waals surface area contributed by atoms with Gasteiger partial charge in [0.2, 0.25) is 5.91 Å². The van der Waals surface area contributed by atoms with Gasteiger partial charge in [0.15, 0.2) is 4.77 Å². The van der Waals surface area contributed by atoms with Gasteiger partial charge in [-0.25, -0.2) is 0 Å². The lowest BCUT2D eigenvalue weighted by Gasteiger charge is -2.05. The van der Waals surface area contributed by atoms with E-state index < -0.39 is 0 Å². The van der Waals surface area contributed by atoms with Crippen LogP contribution in [0.4, 0.5) is 0 Å². The van der Waals surface area contributed by atoms with Gasteiger partial charge in [0, 0.05) is 30.5 Å². The Hall–Kier alpha value is -2.67. The lowest BCUT2D eigenvalue weighted by Crippen LogP contribution is -2.24. The van der Waals surface area contributed by atoms with Gasteiger partial charge >= 0.3 is 0 Å². The van der Waals surface area contributed by atoms with E-state index in [9.17, 15) is 4.79 Å².